The average Bonchev–Trinajstić information content (AvgIpc) is 2.49. The molecule has 0 aliphatic heterocycles. The molecular weight excluding hydrogens is 264 g/mol. The zero-order valence-electron chi connectivity index (χ0n) is 13.6. The van der Waals surface area contributed by atoms with E-state index in [4.69, 9.17) is 5.73 Å². The van der Waals surface area contributed by atoms with Crippen LogP contribution in [0.25, 0.3) is 0 Å². The normalized spacial score (nSPS) is 10.4. The highest BCUT2D eigenvalue weighted by Gasteiger charge is 2.10. The molecule has 0 aromatic heterocycles. The molecule has 0 bridgehead atoms. The zero-order chi connectivity index (χ0) is 16.4. The van der Waals surface area contributed by atoms with Crippen LogP contribution in [0, 0.1) is 6.92 Å². The molecule has 21 heavy (non-hydrogen) atoms. The predicted octanol–water partition coefficient (Wildman–Crippen LogP) is 2.63. The van der Waals surface area contributed by atoms with Crippen LogP contribution < -0.4 is 11.1 Å². The third kappa shape index (κ3) is 6.25. The lowest BCUT2D eigenvalue weighted by atomic mass is 10.0. The summed E-state index contributed by atoms with van der Waals surface area (Å²) in [5.74, 6) is -1.22. The highest BCUT2D eigenvalue weighted by molar-refractivity contribution is 6.42. The number of hydrogen-bond donors (Lipinski definition) is 2. The van der Waals surface area contributed by atoms with Crippen LogP contribution in [-0.2, 0) is 22.6 Å². The number of rotatable bonds is 6. The van der Waals surface area contributed by atoms with Crippen molar-refractivity contribution in [2.24, 2.45) is 5.73 Å². The van der Waals surface area contributed by atoms with Gasteiger partial charge in [0.05, 0.1) is 5.70 Å². The number of benzene rings is 1. The van der Waals surface area contributed by atoms with Crippen LogP contribution in [0.15, 0.2) is 30.1 Å². The van der Waals surface area contributed by atoms with Gasteiger partial charge < -0.3 is 11.1 Å². The first-order valence-corrected chi connectivity index (χ1v) is 7.28. The van der Waals surface area contributed by atoms with Gasteiger partial charge in [-0.25, -0.2) is 0 Å². The standard InChI is InChI=1S/C15H20N2O2.C2H6/c1-4-12-5-6-13(10(2)7-12)8-17-9-14(16)15(19)11(3)18;1-2/h5-7,9,17H,4,8,16H2,1-3H3;1-2H3/b14-9-;. The zero-order valence-corrected chi connectivity index (χ0v) is 13.6. The summed E-state index contributed by atoms with van der Waals surface area (Å²) in [6.45, 7) is 9.94. The number of nitrogens with two attached hydrogens (primary N) is 1. The van der Waals surface area contributed by atoms with Gasteiger partial charge in [-0.1, -0.05) is 39.0 Å². The van der Waals surface area contributed by atoms with Crippen molar-refractivity contribution in [2.45, 2.75) is 47.6 Å². The first-order chi connectivity index (χ1) is 9.95. The summed E-state index contributed by atoms with van der Waals surface area (Å²) in [5, 5.41) is 2.96. The number of aryl methyl sites for hydroxylation is 2. The molecule has 0 aliphatic carbocycles. The molecule has 0 atom stereocenters. The minimum Gasteiger partial charge on any atom is -0.394 e. The Morgan fingerprint density at radius 2 is 1.90 bits per heavy atom. The van der Waals surface area contributed by atoms with E-state index in [1.807, 2.05) is 20.8 Å². The van der Waals surface area contributed by atoms with E-state index in [0.717, 1.165) is 12.0 Å². The number of carbonyl (C=O) groups is 2. The highest BCUT2D eigenvalue weighted by atomic mass is 16.2. The third-order valence-corrected chi connectivity index (χ3v) is 2.95. The van der Waals surface area contributed by atoms with Crippen molar-refractivity contribution in [3.63, 3.8) is 0 Å². The molecule has 4 heteroatoms. The summed E-state index contributed by atoms with van der Waals surface area (Å²) in [6.07, 6.45) is 2.39. The highest BCUT2D eigenvalue weighted by Crippen LogP contribution is 2.11. The summed E-state index contributed by atoms with van der Waals surface area (Å²) in [5.41, 5.74) is 9.06. The molecule has 0 heterocycles. The van der Waals surface area contributed by atoms with Crippen molar-refractivity contribution in [1.29, 1.82) is 0 Å². The van der Waals surface area contributed by atoms with E-state index >= 15 is 0 Å². The lowest BCUT2D eigenvalue weighted by molar-refractivity contribution is -0.133. The van der Waals surface area contributed by atoms with Crippen LogP contribution in [0.5, 0.6) is 0 Å². The fourth-order valence-corrected chi connectivity index (χ4v) is 1.72. The second-order valence-corrected chi connectivity index (χ2v) is 4.48. The molecule has 0 saturated heterocycles. The molecule has 0 fully saturated rings. The molecule has 0 amide bonds. The lowest BCUT2D eigenvalue weighted by Gasteiger charge is -2.08. The Bertz CT molecular complexity index is 520. The average molecular weight is 290 g/mol. The van der Waals surface area contributed by atoms with E-state index in [-0.39, 0.29) is 5.70 Å². The number of Topliss-reactive ketones (excluding diaryl/α,β-unsaturated/α-hetero) is 2. The summed E-state index contributed by atoms with van der Waals surface area (Å²) in [7, 11) is 0. The molecule has 116 valence electrons. The quantitative estimate of drug-likeness (QED) is 0.624. The summed E-state index contributed by atoms with van der Waals surface area (Å²) in [6, 6.07) is 6.28. The largest absolute Gasteiger partial charge is 0.394 e. The van der Waals surface area contributed by atoms with Crippen LogP contribution in [0.2, 0.25) is 0 Å². The first kappa shape index (κ1) is 18.9. The SMILES string of the molecule is CC.CCc1ccc(CN/C=C(\N)C(=O)C(C)=O)c(C)c1. The number of carbonyl (C=O) groups excluding carboxylic acids is 2. The molecule has 1 aromatic rings. The third-order valence-electron chi connectivity index (χ3n) is 2.95. The summed E-state index contributed by atoms with van der Waals surface area (Å²) in [4.78, 5) is 22.1. The summed E-state index contributed by atoms with van der Waals surface area (Å²) >= 11 is 0. The maximum atomic E-state index is 11.3. The molecule has 0 aliphatic rings. The summed E-state index contributed by atoms with van der Waals surface area (Å²) < 4.78 is 0. The van der Waals surface area contributed by atoms with Gasteiger partial charge in [-0.05, 0) is 30.0 Å². The minimum absolute atomic E-state index is 0.0599. The van der Waals surface area contributed by atoms with Crippen molar-refractivity contribution in [1.82, 2.24) is 5.32 Å². The van der Waals surface area contributed by atoms with Gasteiger partial charge in [-0.2, -0.15) is 0 Å². The Morgan fingerprint density at radius 1 is 1.29 bits per heavy atom. The van der Waals surface area contributed by atoms with Crippen molar-refractivity contribution in [2.75, 3.05) is 0 Å². The van der Waals surface area contributed by atoms with Crippen LogP contribution in [0.3, 0.4) is 0 Å². The molecular formula is C17H26N2O2. The van der Waals surface area contributed by atoms with Crippen molar-refractivity contribution >= 4 is 11.6 Å². The van der Waals surface area contributed by atoms with Gasteiger partial charge >= 0.3 is 0 Å². The number of ketones is 2. The van der Waals surface area contributed by atoms with E-state index in [9.17, 15) is 9.59 Å². The van der Waals surface area contributed by atoms with Gasteiger partial charge in [0.25, 0.3) is 0 Å². The molecule has 0 saturated carbocycles. The smallest absolute Gasteiger partial charge is 0.245 e. The first-order valence-electron chi connectivity index (χ1n) is 7.28. The fraction of sp³-hybridized carbons (Fsp3) is 0.412. The molecule has 4 nitrogen and oxygen atoms in total. The number of hydrogen-bond acceptors (Lipinski definition) is 4. The van der Waals surface area contributed by atoms with Gasteiger partial charge in [0, 0.05) is 19.7 Å². The molecule has 0 unspecified atom stereocenters. The van der Waals surface area contributed by atoms with Gasteiger partial charge in [-0.15, -0.1) is 0 Å². The molecule has 3 N–H and O–H groups in total. The molecule has 1 rings (SSSR count). The van der Waals surface area contributed by atoms with Gasteiger partial charge in [-0.3, -0.25) is 9.59 Å². The van der Waals surface area contributed by atoms with Crippen molar-refractivity contribution < 1.29 is 9.59 Å². The number of nitrogens with one attached hydrogen (secondary N) is 1. The van der Waals surface area contributed by atoms with Crippen LogP contribution >= 0.6 is 0 Å². The van der Waals surface area contributed by atoms with Crippen LogP contribution in [0.4, 0.5) is 0 Å². The second-order valence-electron chi connectivity index (χ2n) is 4.48. The Morgan fingerprint density at radius 3 is 2.38 bits per heavy atom. The van der Waals surface area contributed by atoms with E-state index < -0.39 is 11.6 Å². The molecule has 0 radical (unpaired) electrons. The molecule has 1 aromatic carbocycles. The van der Waals surface area contributed by atoms with Crippen molar-refractivity contribution in [3.8, 4) is 0 Å². The Kier molecular flexibility index (Phi) is 8.77. The van der Waals surface area contributed by atoms with Gasteiger partial charge in [0.1, 0.15) is 0 Å². The number of allylic oxidation sites excluding steroid dienone is 1. The minimum atomic E-state index is -0.662. The van der Waals surface area contributed by atoms with Gasteiger partial charge in [0.15, 0.2) is 0 Å². The van der Waals surface area contributed by atoms with Crippen LogP contribution in [0.1, 0.15) is 44.4 Å². The monoisotopic (exact) mass is 290 g/mol. The maximum Gasteiger partial charge on any atom is 0.245 e. The van der Waals surface area contributed by atoms with E-state index in [0.29, 0.717) is 6.54 Å². The predicted molar refractivity (Wildman–Crippen MR) is 86.7 cm³/mol. The fourth-order valence-electron chi connectivity index (χ4n) is 1.72. The van der Waals surface area contributed by atoms with Crippen molar-refractivity contribution in [3.05, 3.63) is 46.8 Å². The Hall–Kier alpha value is -2.10. The van der Waals surface area contributed by atoms with E-state index in [2.05, 4.69) is 30.4 Å². The van der Waals surface area contributed by atoms with E-state index in [1.54, 1.807) is 0 Å². The van der Waals surface area contributed by atoms with E-state index in [1.165, 1.54) is 24.3 Å². The maximum absolute atomic E-state index is 11.3. The Balaban J connectivity index is 0.00000191. The lowest BCUT2D eigenvalue weighted by Crippen LogP contribution is -2.21. The molecule has 0 spiro atoms. The topological polar surface area (TPSA) is 72.2 Å². The van der Waals surface area contributed by atoms with Crippen LogP contribution in [-0.4, -0.2) is 11.6 Å². The van der Waals surface area contributed by atoms with Gasteiger partial charge in [0.2, 0.25) is 11.6 Å². The second kappa shape index (κ2) is 9.75. The Labute approximate surface area is 127 Å².